The van der Waals surface area contributed by atoms with Gasteiger partial charge in [-0.2, -0.15) is 0 Å². The Morgan fingerprint density at radius 1 is 1.26 bits per heavy atom. The largest absolute Gasteiger partial charge is 0.486 e. The number of nitro benzene ring substituents is 1. The van der Waals surface area contributed by atoms with Crippen LogP contribution in [0.15, 0.2) is 48.8 Å². The predicted molar refractivity (Wildman–Crippen MR) is 103 cm³/mol. The van der Waals surface area contributed by atoms with Crippen molar-refractivity contribution < 1.29 is 9.66 Å². The number of fused-ring (bicyclic) bond motifs is 1. The van der Waals surface area contributed by atoms with Crippen molar-refractivity contribution in [2.75, 3.05) is 11.9 Å². The van der Waals surface area contributed by atoms with Crippen LogP contribution >= 0.6 is 0 Å². The molecule has 0 amide bonds. The monoisotopic (exact) mass is 364 g/mol. The van der Waals surface area contributed by atoms with Gasteiger partial charge in [-0.05, 0) is 31.2 Å². The highest BCUT2D eigenvalue weighted by Crippen LogP contribution is 2.36. The molecule has 1 heterocycles. The quantitative estimate of drug-likeness (QED) is 0.490. The van der Waals surface area contributed by atoms with E-state index in [9.17, 15) is 10.1 Å². The van der Waals surface area contributed by atoms with Gasteiger partial charge in [0.05, 0.1) is 17.0 Å². The van der Waals surface area contributed by atoms with Gasteiger partial charge in [0.2, 0.25) is 0 Å². The summed E-state index contributed by atoms with van der Waals surface area (Å²) in [5, 5.41) is 15.5. The first kappa shape index (κ1) is 17.2. The minimum atomic E-state index is -0.418. The first-order valence-corrected chi connectivity index (χ1v) is 8.99. The average Bonchev–Trinajstić information content (AvgIpc) is 3.51. The van der Waals surface area contributed by atoms with E-state index < -0.39 is 4.92 Å². The summed E-state index contributed by atoms with van der Waals surface area (Å²) >= 11 is 0. The number of hydrogen-bond donors (Lipinski definition) is 1. The maximum absolute atomic E-state index is 11.5. The minimum Gasteiger partial charge on any atom is -0.486 e. The van der Waals surface area contributed by atoms with Crippen molar-refractivity contribution in [2.24, 2.45) is 5.92 Å². The van der Waals surface area contributed by atoms with Gasteiger partial charge in [-0.1, -0.05) is 30.3 Å². The van der Waals surface area contributed by atoms with E-state index in [-0.39, 0.29) is 17.5 Å². The van der Waals surface area contributed by atoms with Crippen LogP contribution in [0.1, 0.15) is 31.4 Å². The SMILES string of the molecule is C[C@@H](Nc1ncnc2cc(OCC3CC3)c([N+](=O)[O-])cc12)c1ccccc1. The Balaban J connectivity index is 1.68. The molecule has 3 aromatic rings. The second kappa shape index (κ2) is 7.19. The second-order valence-corrected chi connectivity index (χ2v) is 6.85. The molecule has 4 rings (SSSR count). The number of nitrogens with one attached hydrogen (secondary N) is 1. The second-order valence-electron chi connectivity index (χ2n) is 6.85. The maximum atomic E-state index is 11.5. The molecule has 0 radical (unpaired) electrons. The normalized spacial score (nSPS) is 14.7. The molecule has 0 aliphatic heterocycles. The molecule has 1 aliphatic carbocycles. The van der Waals surface area contributed by atoms with Crippen molar-refractivity contribution in [2.45, 2.75) is 25.8 Å². The fourth-order valence-corrected chi connectivity index (χ4v) is 2.97. The van der Waals surface area contributed by atoms with E-state index in [1.165, 1.54) is 12.4 Å². The molecule has 1 aromatic heterocycles. The molecule has 7 nitrogen and oxygen atoms in total. The van der Waals surface area contributed by atoms with Gasteiger partial charge in [0.15, 0.2) is 5.75 Å². The van der Waals surface area contributed by atoms with Gasteiger partial charge in [0, 0.05) is 23.6 Å². The van der Waals surface area contributed by atoms with Crippen LogP contribution in [0.2, 0.25) is 0 Å². The number of nitro groups is 1. The molecule has 0 bridgehead atoms. The van der Waals surface area contributed by atoms with Crippen molar-refractivity contribution in [3.63, 3.8) is 0 Å². The third-order valence-electron chi connectivity index (χ3n) is 4.74. The van der Waals surface area contributed by atoms with Crippen LogP contribution in [0.3, 0.4) is 0 Å². The van der Waals surface area contributed by atoms with Gasteiger partial charge in [0.25, 0.3) is 0 Å². The van der Waals surface area contributed by atoms with E-state index in [4.69, 9.17) is 4.74 Å². The molecule has 7 heteroatoms. The smallest absolute Gasteiger partial charge is 0.311 e. The summed E-state index contributed by atoms with van der Waals surface area (Å²) in [5.74, 6) is 1.34. The number of hydrogen-bond acceptors (Lipinski definition) is 6. The van der Waals surface area contributed by atoms with Gasteiger partial charge >= 0.3 is 5.69 Å². The highest BCUT2D eigenvalue weighted by atomic mass is 16.6. The van der Waals surface area contributed by atoms with Crippen LogP contribution in [0.5, 0.6) is 5.75 Å². The van der Waals surface area contributed by atoms with Crippen LogP contribution in [0, 0.1) is 16.0 Å². The fourth-order valence-electron chi connectivity index (χ4n) is 2.97. The summed E-state index contributed by atoms with van der Waals surface area (Å²) in [7, 11) is 0. The van der Waals surface area contributed by atoms with Crippen molar-refractivity contribution in [1.82, 2.24) is 9.97 Å². The lowest BCUT2D eigenvalue weighted by Crippen LogP contribution is -2.09. The molecule has 0 spiro atoms. The number of anilines is 1. The topological polar surface area (TPSA) is 90.2 Å². The van der Waals surface area contributed by atoms with E-state index in [0.717, 1.165) is 18.4 Å². The zero-order valence-electron chi connectivity index (χ0n) is 15.0. The van der Waals surface area contributed by atoms with Gasteiger partial charge in [-0.15, -0.1) is 0 Å². The molecule has 1 saturated carbocycles. The fraction of sp³-hybridized carbons (Fsp3) is 0.300. The Labute approximate surface area is 156 Å². The van der Waals surface area contributed by atoms with E-state index in [1.807, 2.05) is 37.3 Å². The van der Waals surface area contributed by atoms with Crippen LogP contribution < -0.4 is 10.1 Å². The highest BCUT2D eigenvalue weighted by molar-refractivity contribution is 5.92. The predicted octanol–water partition coefficient (Wildman–Crippen LogP) is 4.50. The summed E-state index contributed by atoms with van der Waals surface area (Å²) < 4.78 is 5.70. The Hall–Kier alpha value is -3.22. The van der Waals surface area contributed by atoms with Gasteiger partial charge in [-0.25, -0.2) is 9.97 Å². The van der Waals surface area contributed by atoms with Crippen molar-refractivity contribution in [3.8, 4) is 5.75 Å². The Morgan fingerprint density at radius 2 is 2.04 bits per heavy atom. The number of benzene rings is 2. The molecule has 1 fully saturated rings. The van der Waals surface area contributed by atoms with Crippen LogP contribution in [-0.2, 0) is 0 Å². The number of nitrogens with zero attached hydrogens (tertiary/aromatic N) is 3. The summed E-state index contributed by atoms with van der Waals surface area (Å²) in [6.45, 7) is 2.53. The third kappa shape index (κ3) is 3.81. The summed E-state index contributed by atoms with van der Waals surface area (Å²) in [4.78, 5) is 19.7. The Bertz CT molecular complexity index is 974. The zero-order chi connectivity index (χ0) is 18.8. The van der Waals surface area contributed by atoms with Crippen LogP contribution in [0.25, 0.3) is 10.9 Å². The lowest BCUT2D eigenvalue weighted by molar-refractivity contribution is -0.385. The summed E-state index contributed by atoms with van der Waals surface area (Å²) in [5.41, 5.74) is 1.65. The average molecular weight is 364 g/mol. The van der Waals surface area contributed by atoms with Gasteiger partial charge in [-0.3, -0.25) is 10.1 Å². The molecule has 1 atom stereocenters. The van der Waals surface area contributed by atoms with Crippen LogP contribution in [0.4, 0.5) is 11.5 Å². The molecule has 138 valence electrons. The minimum absolute atomic E-state index is 0.00542. The van der Waals surface area contributed by atoms with E-state index in [0.29, 0.717) is 29.2 Å². The molecule has 27 heavy (non-hydrogen) atoms. The summed E-state index contributed by atoms with van der Waals surface area (Å²) in [6.07, 6.45) is 3.70. The maximum Gasteiger partial charge on any atom is 0.311 e. The first-order valence-electron chi connectivity index (χ1n) is 8.99. The Kier molecular flexibility index (Phi) is 4.58. The molecule has 1 aliphatic rings. The van der Waals surface area contributed by atoms with Crippen LogP contribution in [-0.4, -0.2) is 21.5 Å². The lowest BCUT2D eigenvalue weighted by Gasteiger charge is -2.16. The zero-order valence-corrected chi connectivity index (χ0v) is 15.0. The third-order valence-corrected chi connectivity index (χ3v) is 4.74. The van der Waals surface area contributed by atoms with Crippen molar-refractivity contribution in [3.05, 3.63) is 64.5 Å². The number of rotatable bonds is 7. The van der Waals surface area contributed by atoms with E-state index in [1.54, 1.807) is 6.07 Å². The molecule has 2 aromatic carbocycles. The molecular weight excluding hydrogens is 344 g/mol. The molecular formula is C20H20N4O3. The number of aromatic nitrogens is 2. The lowest BCUT2D eigenvalue weighted by atomic mass is 10.1. The summed E-state index contributed by atoms with van der Waals surface area (Å²) in [6, 6.07) is 13.1. The van der Waals surface area contributed by atoms with Crippen molar-refractivity contribution in [1.29, 1.82) is 0 Å². The number of ether oxygens (including phenoxy) is 1. The molecule has 1 N–H and O–H groups in total. The van der Waals surface area contributed by atoms with E-state index in [2.05, 4.69) is 15.3 Å². The van der Waals surface area contributed by atoms with Gasteiger partial charge in [0.1, 0.15) is 12.1 Å². The first-order chi connectivity index (χ1) is 13.1. The van der Waals surface area contributed by atoms with E-state index >= 15 is 0 Å². The van der Waals surface area contributed by atoms with Crippen molar-refractivity contribution >= 4 is 22.4 Å². The van der Waals surface area contributed by atoms with Gasteiger partial charge < -0.3 is 10.1 Å². The highest BCUT2D eigenvalue weighted by Gasteiger charge is 2.25. The molecule has 0 saturated heterocycles. The molecule has 0 unspecified atom stereocenters. The standard InChI is InChI=1S/C20H20N4O3/c1-13(15-5-3-2-4-6-15)23-20-16-9-18(24(25)26)19(27-11-14-7-8-14)10-17(16)21-12-22-20/h2-6,9-10,12-14H,7-8,11H2,1H3,(H,21,22,23)/t13-/m1/s1. The Morgan fingerprint density at radius 3 is 2.74 bits per heavy atom.